The number of hydrogen-bond donors (Lipinski definition) is 1. The SMILES string of the molecule is Cc1ccc(C(CN)N(C)Cc2ccccc2)cc1C. The largest absolute Gasteiger partial charge is 0.329 e. The van der Waals surface area contributed by atoms with Crippen LogP contribution in [0.15, 0.2) is 48.5 Å². The first-order valence-electron chi connectivity index (χ1n) is 7.13. The van der Waals surface area contributed by atoms with Gasteiger partial charge >= 0.3 is 0 Å². The molecule has 2 rings (SSSR count). The van der Waals surface area contributed by atoms with Crippen LogP contribution in [0.4, 0.5) is 0 Å². The molecule has 0 heterocycles. The lowest BCUT2D eigenvalue weighted by Gasteiger charge is -2.28. The molecule has 0 saturated carbocycles. The molecule has 0 aliphatic rings. The molecule has 2 heteroatoms. The van der Waals surface area contributed by atoms with E-state index in [0.717, 1.165) is 6.54 Å². The van der Waals surface area contributed by atoms with Gasteiger partial charge in [0.15, 0.2) is 0 Å². The van der Waals surface area contributed by atoms with E-state index >= 15 is 0 Å². The van der Waals surface area contributed by atoms with E-state index in [-0.39, 0.29) is 6.04 Å². The molecule has 0 aromatic heterocycles. The molecule has 0 radical (unpaired) electrons. The Kier molecular flexibility index (Phi) is 4.94. The molecule has 0 saturated heterocycles. The van der Waals surface area contributed by atoms with Crippen molar-refractivity contribution in [2.45, 2.75) is 26.4 Å². The van der Waals surface area contributed by atoms with E-state index in [2.05, 4.69) is 68.3 Å². The van der Waals surface area contributed by atoms with E-state index in [1.807, 2.05) is 6.07 Å². The molecule has 1 unspecified atom stereocenters. The van der Waals surface area contributed by atoms with Crippen LogP contribution in [0.5, 0.6) is 0 Å². The maximum Gasteiger partial charge on any atom is 0.0471 e. The quantitative estimate of drug-likeness (QED) is 0.900. The van der Waals surface area contributed by atoms with Crippen LogP contribution in [0.3, 0.4) is 0 Å². The highest BCUT2D eigenvalue weighted by atomic mass is 15.1. The van der Waals surface area contributed by atoms with Gasteiger partial charge in [-0.25, -0.2) is 0 Å². The number of rotatable bonds is 5. The maximum absolute atomic E-state index is 6.01. The molecule has 0 aliphatic carbocycles. The van der Waals surface area contributed by atoms with Crippen LogP contribution in [0.1, 0.15) is 28.3 Å². The predicted octanol–water partition coefficient (Wildman–Crippen LogP) is 3.44. The second-order valence-corrected chi connectivity index (χ2v) is 5.50. The Balaban J connectivity index is 2.16. The molecule has 2 aromatic rings. The number of hydrogen-bond acceptors (Lipinski definition) is 2. The Morgan fingerprint density at radius 1 is 1.00 bits per heavy atom. The van der Waals surface area contributed by atoms with Crippen molar-refractivity contribution in [3.8, 4) is 0 Å². The fourth-order valence-electron chi connectivity index (χ4n) is 2.52. The van der Waals surface area contributed by atoms with Gasteiger partial charge < -0.3 is 5.73 Å². The van der Waals surface area contributed by atoms with Crippen LogP contribution < -0.4 is 5.73 Å². The van der Waals surface area contributed by atoms with E-state index in [9.17, 15) is 0 Å². The van der Waals surface area contributed by atoms with Gasteiger partial charge in [-0.1, -0.05) is 48.5 Å². The average molecular weight is 268 g/mol. The predicted molar refractivity (Wildman–Crippen MR) is 85.6 cm³/mol. The highest BCUT2D eigenvalue weighted by Gasteiger charge is 2.16. The Labute approximate surface area is 122 Å². The number of nitrogens with zero attached hydrogens (tertiary/aromatic N) is 1. The number of aryl methyl sites for hydroxylation is 2. The highest BCUT2D eigenvalue weighted by molar-refractivity contribution is 5.32. The zero-order valence-corrected chi connectivity index (χ0v) is 12.6. The summed E-state index contributed by atoms with van der Waals surface area (Å²) in [4.78, 5) is 2.32. The minimum absolute atomic E-state index is 0.259. The zero-order chi connectivity index (χ0) is 14.5. The Hall–Kier alpha value is -1.64. The van der Waals surface area contributed by atoms with Crippen LogP contribution in [-0.4, -0.2) is 18.5 Å². The first-order chi connectivity index (χ1) is 9.61. The normalized spacial score (nSPS) is 12.7. The summed E-state index contributed by atoms with van der Waals surface area (Å²) >= 11 is 0. The van der Waals surface area contributed by atoms with Crippen LogP contribution in [0, 0.1) is 13.8 Å². The van der Waals surface area contributed by atoms with Gasteiger partial charge in [0.1, 0.15) is 0 Å². The lowest BCUT2D eigenvalue weighted by Crippen LogP contribution is -2.30. The molecule has 0 amide bonds. The fourth-order valence-corrected chi connectivity index (χ4v) is 2.52. The standard InChI is InChI=1S/C18H24N2/c1-14-9-10-17(11-15(14)2)18(12-19)20(3)13-16-7-5-4-6-8-16/h4-11,18H,12-13,19H2,1-3H3. The topological polar surface area (TPSA) is 29.3 Å². The molecule has 2 nitrogen and oxygen atoms in total. The summed E-state index contributed by atoms with van der Waals surface area (Å²) in [5.41, 5.74) is 11.3. The molecular weight excluding hydrogens is 244 g/mol. The molecule has 0 aliphatic heterocycles. The van der Waals surface area contributed by atoms with Gasteiger partial charge in [0.05, 0.1) is 0 Å². The molecule has 1 atom stereocenters. The molecule has 0 fully saturated rings. The fraction of sp³-hybridized carbons (Fsp3) is 0.333. The molecule has 106 valence electrons. The molecule has 0 bridgehead atoms. The minimum Gasteiger partial charge on any atom is -0.329 e. The van der Waals surface area contributed by atoms with Crippen LogP contribution in [0.2, 0.25) is 0 Å². The summed E-state index contributed by atoms with van der Waals surface area (Å²) in [6.07, 6.45) is 0. The molecule has 20 heavy (non-hydrogen) atoms. The monoisotopic (exact) mass is 268 g/mol. The lowest BCUT2D eigenvalue weighted by atomic mass is 10.00. The Bertz CT molecular complexity index is 549. The third-order valence-electron chi connectivity index (χ3n) is 3.95. The van der Waals surface area contributed by atoms with Crippen molar-refractivity contribution < 1.29 is 0 Å². The number of benzene rings is 2. The average Bonchev–Trinajstić information content (AvgIpc) is 2.44. The van der Waals surface area contributed by atoms with E-state index in [1.165, 1.54) is 22.3 Å². The van der Waals surface area contributed by atoms with Gasteiger partial charge in [0, 0.05) is 19.1 Å². The van der Waals surface area contributed by atoms with Crippen LogP contribution >= 0.6 is 0 Å². The summed E-state index contributed by atoms with van der Waals surface area (Å²) in [7, 11) is 2.14. The van der Waals surface area contributed by atoms with Crippen molar-refractivity contribution in [1.82, 2.24) is 4.90 Å². The van der Waals surface area contributed by atoms with Gasteiger partial charge in [-0.3, -0.25) is 4.90 Å². The Morgan fingerprint density at radius 3 is 2.30 bits per heavy atom. The number of likely N-dealkylation sites (N-methyl/N-ethyl adjacent to an activating group) is 1. The number of nitrogens with two attached hydrogens (primary N) is 1. The van der Waals surface area contributed by atoms with Crippen molar-refractivity contribution in [3.05, 3.63) is 70.8 Å². The van der Waals surface area contributed by atoms with Gasteiger partial charge in [0.2, 0.25) is 0 Å². The van der Waals surface area contributed by atoms with Gasteiger partial charge in [0.25, 0.3) is 0 Å². The second kappa shape index (κ2) is 6.69. The van der Waals surface area contributed by atoms with Gasteiger partial charge in [-0.15, -0.1) is 0 Å². The first-order valence-corrected chi connectivity index (χ1v) is 7.13. The summed E-state index contributed by atoms with van der Waals surface area (Å²) < 4.78 is 0. The van der Waals surface area contributed by atoms with E-state index in [1.54, 1.807) is 0 Å². The summed E-state index contributed by atoms with van der Waals surface area (Å²) in [5.74, 6) is 0. The van der Waals surface area contributed by atoms with Crippen LogP contribution in [0.25, 0.3) is 0 Å². The highest BCUT2D eigenvalue weighted by Crippen LogP contribution is 2.22. The Morgan fingerprint density at radius 2 is 1.70 bits per heavy atom. The van der Waals surface area contributed by atoms with Crippen molar-refractivity contribution >= 4 is 0 Å². The minimum atomic E-state index is 0.259. The summed E-state index contributed by atoms with van der Waals surface area (Å²) in [5, 5.41) is 0. The third kappa shape index (κ3) is 3.47. The van der Waals surface area contributed by atoms with Crippen molar-refractivity contribution in [2.75, 3.05) is 13.6 Å². The molecule has 2 aromatic carbocycles. The van der Waals surface area contributed by atoms with Gasteiger partial charge in [-0.2, -0.15) is 0 Å². The summed E-state index contributed by atoms with van der Waals surface area (Å²) in [6, 6.07) is 17.4. The maximum atomic E-state index is 6.01. The molecular formula is C18H24N2. The van der Waals surface area contributed by atoms with E-state index in [4.69, 9.17) is 5.73 Å². The molecule has 0 spiro atoms. The van der Waals surface area contributed by atoms with E-state index in [0.29, 0.717) is 6.54 Å². The lowest BCUT2D eigenvalue weighted by molar-refractivity contribution is 0.241. The van der Waals surface area contributed by atoms with Crippen LogP contribution in [-0.2, 0) is 6.54 Å². The van der Waals surface area contributed by atoms with Crippen molar-refractivity contribution in [1.29, 1.82) is 0 Å². The van der Waals surface area contributed by atoms with E-state index < -0.39 is 0 Å². The van der Waals surface area contributed by atoms with Crippen molar-refractivity contribution in [2.24, 2.45) is 5.73 Å². The van der Waals surface area contributed by atoms with Crippen molar-refractivity contribution in [3.63, 3.8) is 0 Å². The zero-order valence-electron chi connectivity index (χ0n) is 12.6. The summed E-state index contributed by atoms with van der Waals surface area (Å²) in [6.45, 7) is 5.84. The molecule has 2 N–H and O–H groups in total. The second-order valence-electron chi connectivity index (χ2n) is 5.50. The first kappa shape index (κ1) is 14.8. The van der Waals surface area contributed by atoms with Gasteiger partial charge in [-0.05, 0) is 43.1 Å². The smallest absolute Gasteiger partial charge is 0.0471 e. The third-order valence-corrected chi connectivity index (χ3v) is 3.95.